The third kappa shape index (κ3) is 3.96. The number of rotatable bonds is 5. The molecule has 2 aromatic carbocycles. The predicted octanol–water partition coefficient (Wildman–Crippen LogP) is 4.15. The lowest BCUT2D eigenvalue weighted by Crippen LogP contribution is -2.27. The van der Waals surface area contributed by atoms with Crippen LogP contribution in [-0.4, -0.2) is 28.9 Å². The Hall–Kier alpha value is -2.31. The summed E-state index contributed by atoms with van der Waals surface area (Å²) >= 11 is 7.07. The molecule has 122 valence electrons. The van der Waals surface area contributed by atoms with E-state index in [0.29, 0.717) is 16.1 Å². The molecule has 0 aliphatic heterocycles. The van der Waals surface area contributed by atoms with Crippen LogP contribution in [0.2, 0.25) is 5.02 Å². The molecule has 24 heavy (non-hydrogen) atoms. The first-order valence-corrected chi connectivity index (χ1v) is 8.53. The Kier molecular flexibility index (Phi) is 5.17. The molecule has 0 saturated heterocycles. The maximum Gasteiger partial charge on any atom is 0.277 e. The Morgan fingerprint density at radius 2 is 1.83 bits per heavy atom. The highest BCUT2D eigenvalue weighted by atomic mass is 35.5. The van der Waals surface area contributed by atoms with E-state index < -0.39 is 0 Å². The van der Waals surface area contributed by atoms with Crippen LogP contribution in [0, 0.1) is 0 Å². The normalized spacial score (nSPS) is 10.6. The van der Waals surface area contributed by atoms with Crippen molar-refractivity contribution in [3.8, 4) is 11.5 Å². The number of anilines is 1. The average molecular weight is 360 g/mol. The van der Waals surface area contributed by atoms with E-state index in [-0.39, 0.29) is 11.7 Å². The second kappa shape index (κ2) is 7.51. The van der Waals surface area contributed by atoms with E-state index in [9.17, 15) is 4.79 Å². The van der Waals surface area contributed by atoms with E-state index in [0.717, 1.165) is 11.3 Å². The molecular weight excluding hydrogens is 346 g/mol. The Morgan fingerprint density at radius 1 is 1.12 bits per heavy atom. The molecule has 7 heteroatoms. The first-order chi connectivity index (χ1) is 11.6. The molecule has 0 radical (unpaired) electrons. The van der Waals surface area contributed by atoms with Crippen molar-refractivity contribution in [2.45, 2.75) is 5.22 Å². The van der Waals surface area contributed by atoms with Crippen LogP contribution < -0.4 is 4.90 Å². The summed E-state index contributed by atoms with van der Waals surface area (Å²) in [7, 11) is 1.74. The lowest BCUT2D eigenvalue weighted by Gasteiger charge is -2.16. The van der Waals surface area contributed by atoms with E-state index >= 15 is 0 Å². The van der Waals surface area contributed by atoms with Gasteiger partial charge in [-0.05, 0) is 36.4 Å². The van der Waals surface area contributed by atoms with Gasteiger partial charge in [0.1, 0.15) is 0 Å². The zero-order chi connectivity index (χ0) is 16.9. The number of carbonyl (C=O) groups is 1. The summed E-state index contributed by atoms with van der Waals surface area (Å²) in [6.07, 6.45) is 0. The van der Waals surface area contributed by atoms with E-state index in [1.165, 1.54) is 11.8 Å². The van der Waals surface area contributed by atoms with Crippen LogP contribution in [0.1, 0.15) is 0 Å². The molecule has 1 heterocycles. The maximum atomic E-state index is 12.2. The molecule has 0 spiro atoms. The number of thioether (sulfide) groups is 1. The van der Waals surface area contributed by atoms with Gasteiger partial charge in [0.25, 0.3) is 5.22 Å². The van der Waals surface area contributed by atoms with Gasteiger partial charge in [-0.15, -0.1) is 10.2 Å². The van der Waals surface area contributed by atoms with Gasteiger partial charge in [0.05, 0.1) is 5.75 Å². The predicted molar refractivity (Wildman–Crippen MR) is 95.3 cm³/mol. The van der Waals surface area contributed by atoms with Crippen LogP contribution >= 0.6 is 23.4 Å². The zero-order valence-corrected chi connectivity index (χ0v) is 14.4. The molecule has 1 amide bonds. The van der Waals surface area contributed by atoms with Crippen molar-refractivity contribution in [2.24, 2.45) is 0 Å². The molecule has 3 rings (SSSR count). The van der Waals surface area contributed by atoms with Crippen molar-refractivity contribution < 1.29 is 9.21 Å². The SMILES string of the molecule is CN(C(=O)CSc1nnc(-c2ccc(Cl)cc2)o1)c1ccccc1. The van der Waals surface area contributed by atoms with Gasteiger partial charge in [0.15, 0.2) is 0 Å². The van der Waals surface area contributed by atoms with Gasteiger partial charge in [-0.3, -0.25) is 4.79 Å². The third-order valence-corrected chi connectivity index (χ3v) is 4.39. The monoisotopic (exact) mass is 359 g/mol. The summed E-state index contributed by atoms with van der Waals surface area (Å²) in [6, 6.07) is 16.6. The number of aromatic nitrogens is 2. The average Bonchev–Trinajstić information content (AvgIpc) is 3.09. The Morgan fingerprint density at radius 3 is 2.54 bits per heavy atom. The highest BCUT2D eigenvalue weighted by Gasteiger charge is 2.14. The number of hydrogen-bond donors (Lipinski definition) is 0. The van der Waals surface area contributed by atoms with Gasteiger partial charge in [0.2, 0.25) is 11.8 Å². The zero-order valence-electron chi connectivity index (χ0n) is 12.8. The minimum absolute atomic E-state index is 0.0440. The van der Waals surface area contributed by atoms with Crippen LogP contribution in [0.15, 0.2) is 64.2 Å². The third-order valence-electron chi connectivity index (χ3n) is 3.33. The first-order valence-electron chi connectivity index (χ1n) is 7.17. The van der Waals surface area contributed by atoms with Crippen LogP contribution in [0.5, 0.6) is 0 Å². The number of benzene rings is 2. The van der Waals surface area contributed by atoms with E-state index in [2.05, 4.69) is 10.2 Å². The van der Waals surface area contributed by atoms with Gasteiger partial charge in [-0.2, -0.15) is 0 Å². The number of carbonyl (C=O) groups excluding carboxylic acids is 1. The van der Waals surface area contributed by atoms with Gasteiger partial charge >= 0.3 is 0 Å². The van der Waals surface area contributed by atoms with Crippen LogP contribution in [-0.2, 0) is 4.79 Å². The lowest BCUT2D eigenvalue weighted by atomic mass is 10.2. The standard InChI is InChI=1S/C17H14ClN3O2S/c1-21(14-5-3-2-4-6-14)15(22)11-24-17-20-19-16(23-17)12-7-9-13(18)10-8-12/h2-10H,11H2,1H3. The van der Waals surface area contributed by atoms with E-state index in [1.54, 1.807) is 36.2 Å². The molecule has 3 aromatic rings. The fourth-order valence-corrected chi connectivity index (χ4v) is 2.80. The molecule has 0 saturated carbocycles. The molecule has 0 aliphatic rings. The summed E-state index contributed by atoms with van der Waals surface area (Å²) in [5, 5.41) is 8.95. The van der Waals surface area contributed by atoms with Crippen molar-refractivity contribution in [1.82, 2.24) is 10.2 Å². The Bertz CT molecular complexity index is 821. The number of para-hydroxylation sites is 1. The van der Waals surface area contributed by atoms with Gasteiger partial charge in [-0.25, -0.2) is 0 Å². The van der Waals surface area contributed by atoms with Crippen molar-refractivity contribution in [1.29, 1.82) is 0 Å². The molecule has 0 fully saturated rings. The smallest absolute Gasteiger partial charge is 0.277 e. The van der Waals surface area contributed by atoms with Crippen LogP contribution in [0.25, 0.3) is 11.5 Å². The summed E-state index contributed by atoms with van der Waals surface area (Å²) in [5.74, 6) is 0.573. The summed E-state index contributed by atoms with van der Waals surface area (Å²) in [5.41, 5.74) is 1.63. The number of nitrogens with zero attached hydrogens (tertiary/aromatic N) is 3. The highest BCUT2D eigenvalue weighted by Crippen LogP contribution is 2.24. The van der Waals surface area contributed by atoms with Gasteiger partial charge in [0, 0.05) is 23.3 Å². The van der Waals surface area contributed by atoms with Crippen molar-refractivity contribution >= 4 is 35.0 Å². The molecule has 0 N–H and O–H groups in total. The molecule has 0 atom stereocenters. The fraction of sp³-hybridized carbons (Fsp3) is 0.118. The van der Waals surface area contributed by atoms with Crippen molar-refractivity contribution in [3.63, 3.8) is 0 Å². The first kappa shape index (κ1) is 16.5. The number of halogens is 1. The fourth-order valence-electron chi connectivity index (χ4n) is 1.99. The molecule has 0 unspecified atom stereocenters. The maximum absolute atomic E-state index is 12.2. The van der Waals surface area contributed by atoms with Crippen molar-refractivity contribution in [2.75, 3.05) is 17.7 Å². The van der Waals surface area contributed by atoms with Crippen molar-refractivity contribution in [3.05, 3.63) is 59.6 Å². The second-order valence-electron chi connectivity index (χ2n) is 4.96. The molecule has 0 bridgehead atoms. The minimum Gasteiger partial charge on any atom is -0.411 e. The van der Waals surface area contributed by atoms with E-state index in [1.807, 2.05) is 30.3 Å². The number of hydrogen-bond acceptors (Lipinski definition) is 5. The molecular formula is C17H14ClN3O2S. The molecule has 0 aliphatic carbocycles. The number of amides is 1. The van der Waals surface area contributed by atoms with E-state index in [4.69, 9.17) is 16.0 Å². The second-order valence-corrected chi connectivity index (χ2v) is 6.32. The van der Waals surface area contributed by atoms with Gasteiger partial charge < -0.3 is 9.32 Å². The topological polar surface area (TPSA) is 59.2 Å². The molecule has 5 nitrogen and oxygen atoms in total. The molecule has 1 aromatic heterocycles. The highest BCUT2D eigenvalue weighted by molar-refractivity contribution is 7.99. The van der Waals surface area contributed by atoms with Gasteiger partial charge in [-0.1, -0.05) is 41.6 Å². The Balaban J connectivity index is 1.61. The lowest BCUT2D eigenvalue weighted by molar-refractivity contribution is -0.115. The Labute approximate surface area is 148 Å². The summed E-state index contributed by atoms with van der Waals surface area (Å²) in [4.78, 5) is 13.8. The quantitative estimate of drug-likeness (QED) is 0.640. The van der Waals surface area contributed by atoms with Crippen LogP contribution in [0.4, 0.5) is 5.69 Å². The summed E-state index contributed by atoms with van der Waals surface area (Å²) in [6.45, 7) is 0. The largest absolute Gasteiger partial charge is 0.411 e. The minimum atomic E-state index is -0.0440. The van der Waals surface area contributed by atoms with Crippen LogP contribution in [0.3, 0.4) is 0 Å². The summed E-state index contributed by atoms with van der Waals surface area (Å²) < 4.78 is 5.57.